The van der Waals surface area contributed by atoms with E-state index in [0.717, 1.165) is 12.8 Å². The van der Waals surface area contributed by atoms with Crippen molar-refractivity contribution in [2.75, 3.05) is 0 Å². The molecule has 0 unspecified atom stereocenters. The maximum Gasteiger partial charge on any atom is 0.283 e. The van der Waals surface area contributed by atoms with E-state index in [-0.39, 0.29) is 0 Å². The summed E-state index contributed by atoms with van der Waals surface area (Å²) in [6.07, 6.45) is 4.90. The van der Waals surface area contributed by atoms with Crippen molar-refractivity contribution in [1.82, 2.24) is 4.57 Å². The first-order valence-electron chi connectivity index (χ1n) is 4.54. The van der Waals surface area contributed by atoms with Crippen molar-refractivity contribution in [3.05, 3.63) is 60.4 Å². The van der Waals surface area contributed by atoms with Gasteiger partial charge in [-0.3, -0.25) is 0 Å². The first-order chi connectivity index (χ1) is 7.36. The SMILES string of the molecule is N#CO.c1ccc(Cn2cccc2)cc1. The number of rotatable bonds is 2. The third-order valence-electron chi connectivity index (χ3n) is 1.87. The fourth-order valence-electron chi connectivity index (χ4n) is 1.27. The molecule has 76 valence electrons. The van der Waals surface area contributed by atoms with Gasteiger partial charge in [-0.25, -0.2) is 0 Å². The van der Waals surface area contributed by atoms with Crippen LogP contribution in [0, 0.1) is 11.5 Å². The number of nitriles is 1. The van der Waals surface area contributed by atoms with Gasteiger partial charge in [0, 0.05) is 18.9 Å². The van der Waals surface area contributed by atoms with E-state index in [1.165, 1.54) is 5.56 Å². The van der Waals surface area contributed by atoms with Gasteiger partial charge < -0.3 is 9.67 Å². The quantitative estimate of drug-likeness (QED) is 0.756. The molecular formula is C12H12N2O. The van der Waals surface area contributed by atoms with E-state index >= 15 is 0 Å². The molecule has 0 fully saturated rings. The minimum atomic E-state index is 0.750. The standard InChI is InChI=1S/C11H11N.CHNO/c1-2-6-11(7-3-1)10-12-8-4-5-9-12;2-1-3/h1-9H,10H2;3H. The Labute approximate surface area is 88.8 Å². The maximum atomic E-state index is 6.88. The van der Waals surface area contributed by atoms with Crippen LogP contribution in [-0.4, -0.2) is 9.67 Å². The molecule has 2 rings (SSSR count). The monoisotopic (exact) mass is 200 g/mol. The van der Waals surface area contributed by atoms with Crippen molar-refractivity contribution < 1.29 is 5.11 Å². The topological polar surface area (TPSA) is 48.9 Å². The van der Waals surface area contributed by atoms with Crippen molar-refractivity contribution in [1.29, 1.82) is 5.26 Å². The van der Waals surface area contributed by atoms with Gasteiger partial charge in [0.15, 0.2) is 0 Å². The Balaban J connectivity index is 0.000000337. The number of aliphatic hydroxyl groups is 1. The van der Waals surface area contributed by atoms with Gasteiger partial charge >= 0.3 is 0 Å². The molecule has 0 atom stereocenters. The van der Waals surface area contributed by atoms with Crippen LogP contribution in [0.1, 0.15) is 5.56 Å². The van der Waals surface area contributed by atoms with Crippen LogP contribution < -0.4 is 0 Å². The van der Waals surface area contributed by atoms with Crippen LogP contribution in [0.5, 0.6) is 0 Å². The Kier molecular flexibility index (Phi) is 4.55. The Hall–Kier alpha value is -2.21. The zero-order valence-electron chi connectivity index (χ0n) is 8.24. The Bertz CT molecular complexity index is 401. The molecule has 0 radical (unpaired) electrons. The highest BCUT2D eigenvalue weighted by molar-refractivity contribution is 5.15. The van der Waals surface area contributed by atoms with Gasteiger partial charge in [0.25, 0.3) is 6.26 Å². The molecule has 1 N–H and O–H groups in total. The summed E-state index contributed by atoms with van der Waals surface area (Å²) in [5, 5.41) is 13.8. The minimum Gasteiger partial charge on any atom is -0.443 e. The number of hydrogen-bond acceptors (Lipinski definition) is 2. The lowest BCUT2D eigenvalue weighted by molar-refractivity contribution is 0.503. The summed E-state index contributed by atoms with van der Waals surface area (Å²) in [7, 11) is 0. The summed E-state index contributed by atoms with van der Waals surface area (Å²) in [6, 6.07) is 14.5. The van der Waals surface area contributed by atoms with E-state index in [0.29, 0.717) is 0 Å². The van der Waals surface area contributed by atoms with Crippen LogP contribution in [0.3, 0.4) is 0 Å². The lowest BCUT2D eigenvalue weighted by atomic mass is 10.2. The molecule has 1 aromatic carbocycles. The molecule has 0 spiro atoms. The number of aromatic nitrogens is 1. The van der Waals surface area contributed by atoms with E-state index in [1.807, 2.05) is 18.2 Å². The molecule has 3 heteroatoms. The Morgan fingerprint density at radius 3 is 2.13 bits per heavy atom. The maximum absolute atomic E-state index is 6.88. The van der Waals surface area contributed by atoms with Gasteiger partial charge in [-0.2, -0.15) is 5.26 Å². The van der Waals surface area contributed by atoms with Crippen LogP contribution in [0.4, 0.5) is 0 Å². The molecule has 0 aliphatic carbocycles. The largest absolute Gasteiger partial charge is 0.443 e. The number of hydrogen-bond donors (Lipinski definition) is 1. The molecule has 1 aromatic heterocycles. The Morgan fingerprint density at radius 1 is 1.07 bits per heavy atom. The fourth-order valence-corrected chi connectivity index (χ4v) is 1.27. The molecule has 0 saturated carbocycles. The van der Waals surface area contributed by atoms with Crippen LogP contribution >= 0.6 is 0 Å². The smallest absolute Gasteiger partial charge is 0.283 e. The van der Waals surface area contributed by atoms with E-state index in [2.05, 4.69) is 41.2 Å². The predicted octanol–water partition coefficient (Wildman–Crippen LogP) is 2.38. The summed E-state index contributed by atoms with van der Waals surface area (Å²) in [5.41, 5.74) is 1.34. The van der Waals surface area contributed by atoms with Crippen LogP contribution in [0.2, 0.25) is 0 Å². The average molecular weight is 200 g/mol. The molecule has 0 aliphatic heterocycles. The van der Waals surface area contributed by atoms with Crippen molar-refractivity contribution in [2.45, 2.75) is 6.54 Å². The molecule has 0 bridgehead atoms. The molecule has 0 saturated heterocycles. The van der Waals surface area contributed by atoms with Gasteiger partial charge in [-0.15, -0.1) is 0 Å². The first-order valence-corrected chi connectivity index (χ1v) is 4.54. The predicted molar refractivity (Wildman–Crippen MR) is 57.5 cm³/mol. The highest BCUT2D eigenvalue weighted by Gasteiger charge is 1.90. The van der Waals surface area contributed by atoms with Crippen molar-refractivity contribution in [2.24, 2.45) is 0 Å². The fraction of sp³-hybridized carbons (Fsp3) is 0.0833. The van der Waals surface area contributed by atoms with Crippen molar-refractivity contribution in [3.8, 4) is 6.26 Å². The lowest BCUT2D eigenvalue weighted by Crippen LogP contribution is -1.94. The first kappa shape index (κ1) is 10.9. The van der Waals surface area contributed by atoms with Gasteiger partial charge in [-0.1, -0.05) is 30.3 Å². The van der Waals surface area contributed by atoms with Gasteiger partial charge in [0.05, 0.1) is 0 Å². The van der Waals surface area contributed by atoms with Crippen molar-refractivity contribution >= 4 is 0 Å². The molecule has 2 aromatic rings. The Morgan fingerprint density at radius 2 is 1.60 bits per heavy atom. The van der Waals surface area contributed by atoms with E-state index in [1.54, 1.807) is 0 Å². The average Bonchev–Trinajstić information content (AvgIpc) is 2.73. The molecule has 1 heterocycles. The minimum absolute atomic E-state index is 0.750. The summed E-state index contributed by atoms with van der Waals surface area (Å²) in [6.45, 7) is 0.966. The summed E-state index contributed by atoms with van der Waals surface area (Å²) < 4.78 is 2.16. The van der Waals surface area contributed by atoms with E-state index < -0.39 is 0 Å². The second kappa shape index (κ2) is 6.28. The van der Waals surface area contributed by atoms with Crippen LogP contribution in [0.15, 0.2) is 54.9 Å². The van der Waals surface area contributed by atoms with Crippen LogP contribution in [-0.2, 0) is 6.54 Å². The second-order valence-corrected chi connectivity index (χ2v) is 2.94. The van der Waals surface area contributed by atoms with Gasteiger partial charge in [0.2, 0.25) is 0 Å². The highest BCUT2D eigenvalue weighted by Crippen LogP contribution is 2.01. The molecule has 3 nitrogen and oxygen atoms in total. The summed E-state index contributed by atoms with van der Waals surface area (Å²) >= 11 is 0. The van der Waals surface area contributed by atoms with E-state index in [9.17, 15) is 0 Å². The van der Waals surface area contributed by atoms with Crippen LogP contribution in [0.25, 0.3) is 0 Å². The van der Waals surface area contributed by atoms with Gasteiger partial charge in [0.1, 0.15) is 0 Å². The molecular weight excluding hydrogens is 188 g/mol. The normalized spacial score (nSPS) is 8.47. The van der Waals surface area contributed by atoms with Crippen molar-refractivity contribution in [3.63, 3.8) is 0 Å². The number of benzene rings is 1. The zero-order valence-corrected chi connectivity index (χ0v) is 8.24. The van der Waals surface area contributed by atoms with Gasteiger partial charge in [-0.05, 0) is 17.7 Å². The number of aliphatic hydroxyl groups excluding tert-OH is 1. The molecule has 0 amide bonds. The molecule has 15 heavy (non-hydrogen) atoms. The summed E-state index contributed by atoms with van der Waals surface area (Å²) in [5.74, 6) is 0. The number of nitrogens with zero attached hydrogens (tertiary/aromatic N) is 2. The second-order valence-electron chi connectivity index (χ2n) is 2.94. The third-order valence-corrected chi connectivity index (χ3v) is 1.87. The molecule has 0 aliphatic rings. The lowest BCUT2D eigenvalue weighted by Gasteiger charge is -2.01. The summed E-state index contributed by atoms with van der Waals surface area (Å²) in [4.78, 5) is 0. The third kappa shape index (κ3) is 4.01. The highest BCUT2D eigenvalue weighted by atomic mass is 16.2. The van der Waals surface area contributed by atoms with E-state index in [4.69, 9.17) is 10.4 Å². The zero-order chi connectivity index (χ0) is 10.9.